The number of hydrogen-bond donors (Lipinski definition) is 2. The standard InChI is InChI=1S/C14H20N2O6S/c1-3-6-22-13-5-4-10(14(17)18)7-12(13)15-23(19,20)16-8-11(9-16)21-2/h4-5,7,11,15H,3,6,8-9H2,1-2H3,(H,17,18). The maximum absolute atomic E-state index is 12.3. The Balaban J connectivity index is 2.22. The van der Waals surface area contributed by atoms with E-state index in [2.05, 4.69) is 4.72 Å². The zero-order valence-electron chi connectivity index (χ0n) is 13.0. The Kier molecular flexibility index (Phi) is 5.45. The molecule has 0 spiro atoms. The van der Waals surface area contributed by atoms with E-state index < -0.39 is 16.2 Å². The monoisotopic (exact) mass is 344 g/mol. The molecule has 9 heteroatoms. The molecule has 1 aliphatic heterocycles. The van der Waals surface area contributed by atoms with Gasteiger partial charge in [-0.15, -0.1) is 0 Å². The summed E-state index contributed by atoms with van der Waals surface area (Å²) < 4.78 is 38.8. The molecule has 23 heavy (non-hydrogen) atoms. The molecule has 0 aromatic heterocycles. The fourth-order valence-corrected chi connectivity index (χ4v) is 3.32. The molecular weight excluding hydrogens is 324 g/mol. The van der Waals surface area contributed by atoms with Gasteiger partial charge in [0, 0.05) is 20.2 Å². The Hall–Kier alpha value is -1.84. The zero-order chi connectivity index (χ0) is 17.0. The minimum atomic E-state index is -3.78. The van der Waals surface area contributed by atoms with Crippen molar-refractivity contribution in [1.29, 1.82) is 0 Å². The Morgan fingerprint density at radius 3 is 2.70 bits per heavy atom. The molecule has 0 unspecified atom stereocenters. The molecule has 0 aliphatic carbocycles. The van der Waals surface area contributed by atoms with Crippen molar-refractivity contribution < 1.29 is 27.8 Å². The van der Waals surface area contributed by atoms with E-state index in [-0.39, 0.29) is 30.4 Å². The molecule has 0 atom stereocenters. The summed E-state index contributed by atoms with van der Waals surface area (Å²) in [4.78, 5) is 11.1. The van der Waals surface area contributed by atoms with Gasteiger partial charge in [0.05, 0.1) is 24.0 Å². The molecular formula is C14H20N2O6S. The van der Waals surface area contributed by atoms with E-state index in [9.17, 15) is 13.2 Å². The lowest BCUT2D eigenvalue weighted by Crippen LogP contribution is -2.55. The summed E-state index contributed by atoms with van der Waals surface area (Å²) in [5.74, 6) is -0.847. The number of carboxylic acid groups (broad SMARTS) is 1. The molecule has 128 valence electrons. The summed E-state index contributed by atoms with van der Waals surface area (Å²) in [5.41, 5.74) is 0.0872. The van der Waals surface area contributed by atoms with Crippen molar-refractivity contribution in [3.8, 4) is 5.75 Å². The van der Waals surface area contributed by atoms with Crippen molar-refractivity contribution in [3.05, 3.63) is 23.8 Å². The minimum absolute atomic E-state index is 0.0232. The minimum Gasteiger partial charge on any atom is -0.491 e. The van der Waals surface area contributed by atoms with Crippen LogP contribution in [0, 0.1) is 0 Å². The van der Waals surface area contributed by atoms with Crippen LogP contribution in [-0.4, -0.2) is 56.7 Å². The van der Waals surface area contributed by atoms with E-state index in [1.165, 1.54) is 29.6 Å². The maximum atomic E-state index is 12.3. The number of ether oxygens (including phenoxy) is 2. The zero-order valence-corrected chi connectivity index (χ0v) is 13.8. The third kappa shape index (κ3) is 4.12. The van der Waals surface area contributed by atoms with Gasteiger partial charge >= 0.3 is 16.2 Å². The quantitative estimate of drug-likeness (QED) is 0.733. The van der Waals surface area contributed by atoms with Gasteiger partial charge in [-0.1, -0.05) is 6.92 Å². The number of carboxylic acids is 1. The molecule has 1 aliphatic rings. The molecule has 1 fully saturated rings. The second kappa shape index (κ2) is 7.16. The van der Waals surface area contributed by atoms with Crippen molar-refractivity contribution in [2.24, 2.45) is 0 Å². The number of benzene rings is 1. The number of nitrogens with zero attached hydrogens (tertiary/aromatic N) is 1. The van der Waals surface area contributed by atoms with Crippen molar-refractivity contribution in [2.75, 3.05) is 31.5 Å². The average molecular weight is 344 g/mol. The topological polar surface area (TPSA) is 105 Å². The van der Waals surface area contributed by atoms with Gasteiger partial charge in [-0.25, -0.2) is 4.79 Å². The number of rotatable bonds is 8. The molecule has 0 amide bonds. The summed E-state index contributed by atoms with van der Waals surface area (Å²) in [5, 5.41) is 9.06. The van der Waals surface area contributed by atoms with Crippen LogP contribution in [0.5, 0.6) is 5.75 Å². The molecule has 1 aromatic rings. The number of methoxy groups -OCH3 is 1. The SMILES string of the molecule is CCCOc1ccc(C(=O)O)cc1NS(=O)(=O)N1CC(OC)C1. The average Bonchev–Trinajstić information content (AvgIpc) is 2.44. The Morgan fingerprint density at radius 1 is 1.43 bits per heavy atom. The van der Waals surface area contributed by atoms with Gasteiger partial charge < -0.3 is 14.6 Å². The number of nitrogens with one attached hydrogen (secondary N) is 1. The number of hydrogen-bond acceptors (Lipinski definition) is 5. The summed E-state index contributed by atoms with van der Waals surface area (Å²) in [6.07, 6.45) is 0.627. The molecule has 1 heterocycles. The largest absolute Gasteiger partial charge is 0.491 e. The van der Waals surface area contributed by atoms with Crippen LogP contribution in [0.4, 0.5) is 5.69 Å². The van der Waals surface area contributed by atoms with Crippen LogP contribution in [0.3, 0.4) is 0 Å². The molecule has 1 saturated heterocycles. The Bertz CT molecular complexity index is 670. The smallest absolute Gasteiger partial charge is 0.335 e. The van der Waals surface area contributed by atoms with Crippen molar-refractivity contribution in [2.45, 2.75) is 19.4 Å². The first-order valence-electron chi connectivity index (χ1n) is 7.18. The molecule has 2 N–H and O–H groups in total. The molecule has 1 aromatic carbocycles. The van der Waals surface area contributed by atoms with Crippen LogP contribution in [0.15, 0.2) is 18.2 Å². The van der Waals surface area contributed by atoms with Crippen LogP contribution < -0.4 is 9.46 Å². The van der Waals surface area contributed by atoms with Gasteiger partial charge in [0.1, 0.15) is 5.75 Å². The van der Waals surface area contributed by atoms with Crippen LogP contribution in [0.1, 0.15) is 23.7 Å². The van der Waals surface area contributed by atoms with Gasteiger partial charge in [-0.3, -0.25) is 4.72 Å². The fourth-order valence-electron chi connectivity index (χ4n) is 2.03. The van der Waals surface area contributed by atoms with Crippen molar-refractivity contribution in [3.63, 3.8) is 0 Å². The highest BCUT2D eigenvalue weighted by molar-refractivity contribution is 7.90. The molecule has 2 rings (SSSR count). The second-order valence-corrected chi connectivity index (χ2v) is 6.82. The first kappa shape index (κ1) is 17.5. The van der Waals surface area contributed by atoms with Crippen LogP contribution in [0.2, 0.25) is 0 Å². The number of anilines is 1. The summed E-state index contributed by atoms with van der Waals surface area (Å²) in [6.45, 7) is 2.84. The van der Waals surface area contributed by atoms with E-state index in [1.807, 2.05) is 6.92 Å². The number of aromatic carboxylic acids is 1. The molecule has 0 radical (unpaired) electrons. The first-order valence-corrected chi connectivity index (χ1v) is 8.62. The molecule has 0 saturated carbocycles. The van der Waals surface area contributed by atoms with E-state index in [0.717, 1.165) is 6.42 Å². The summed E-state index contributed by atoms with van der Waals surface area (Å²) in [6, 6.07) is 4.07. The summed E-state index contributed by atoms with van der Waals surface area (Å²) >= 11 is 0. The number of carbonyl (C=O) groups is 1. The lowest BCUT2D eigenvalue weighted by molar-refractivity contribution is 0.0128. The highest BCUT2D eigenvalue weighted by Crippen LogP contribution is 2.29. The predicted octanol–water partition coefficient (Wildman–Crippen LogP) is 1.16. The third-order valence-corrected chi connectivity index (χ3v) is 4.87. The van der Waals surface area contributed by atoms with Crippen molar-refractivity contribution >= 4 is 21.9 Å². The molecule has 8 nitrogen and oxygen atoms in total. The summed E-state index contributed by atoms with van der Waals surface area (Å²) in [7, 11) is -2.26. The van der Waals surface area contributed by atoms with Gasteiger partial charge in [0.15, 0.2) is 0 Å². The van der Waals surface area contributed by atoms with E-state index >= 15 is 0 Å². The van der Waals surface area contributed by atoms with Crippen molar-refractivity contribution in [1.82, 2.24) is 4.31 Å². The Labute approximate surface area is 135 Å². The lowest BCUT2D eigenvalue weighted by atomic mass is 10.2. The van der Waals surface area contributed by atoms with E-state index in [1.54, 1.807) is 0 Å². The highest BCUT2D eigenvalue weighted by Gasteiger charge is 2.36. The fraction of sp³-hybridized carbons (Fsp3) is 0.500. The van der Waals surface area contributed by atoms with Crippen LogP contribution in [-0.2, 0) is 14.9 Å². The molecule has 0 bridgehead atoms. The van der Waals surface area contributed by atoms with Gasteiger partial charge in [0.25, 0.3) is 0 Å². The van der Waals surface area contributed by atoms with Gasteiger partial charge in [0.2, 0.25) is 0 Å². The van der Waals surface area contributed by atoms with E-state index in [0.29, 0.717) is 12.4 Å². The van der Waals surface area contributed by atoms with E-state index in [4.69, 9.17) is 14.6 Å². The highest BCUT2D eigenvalue weighted by atomic mass is 32.2. The predicted molar refractivity (Wildman–Crippen MR) is 84.1 cm³/mol. The second-order valence-electron chi connectivity index (χ2n) is 5.15. The Morgan fingerprint density at radius 2 is 2.13 bits per heavy atom. The normalized spacial score (nSPS) is 15.9. The maximum Gasteiger partial charge on any atom is 0.335 e. The van der Waals surface area contributed by atoms with Crippen LogP contribution in [0.25, 0.3) is 0 Å². The third-order valence-electron chi connectivity index (χ3n) is 3.41. The van der Waals surface area contributed by atoms with Gasteiger partial charge in [-0.2, -0.15) is 12.7 Å². The van der Waals surface area contributed by atoms with Crippen LogP contribution >= 0.6 is 0 Å². The first-order chi connectivity index (χ1) is 10.9. The van der Waals surface area contributed by atoms with Gasteiger partial charge in [-0.05, 0) is 24.6 Å². The lowest BCUT2D eigenvalue weighted by Gasteiger charge is -2.36.